The highest BCUT2D eigenvalue weighted by Crippen LogP contribution is 2.26. The summed E-state index contributed by atoms with van der Waals surface area (Å²) in [6.45, 7) is 1.79. The van der Waals surface area contributed by atoms with Crippen LogP contribution < -0.4 is 4.74 Å². The maximum absolute atomic E-state index is 10.8. The van der Waals surface area contributed by atoms with Crippen molar-refractivity contribution in [1.29, 1.82) is 0 Å². The first kappa shape index (κ1) is 10.0. The molecule has 0 radical (unpaired) electrons. The van der Waals surface area contributed by atoms with Gasteiger partial charge in [-0.1, -0.05) is 0 Å². The highest BCUT2D eigenvalue weighted by molar-refractivity contribution is 5.89. The van der Waals surface area contributed by atoms with Gasteiger partial charge in [-0.15, -0.1) is 0 Å². The molecular formula is C12H14O3. The lowest BCUT2D eigenvalue weighted by atomic mass is 9.96. The number of hydrogen-bond donors (Lipinski definition) is 1. The molecule has 3 nitrogen and oxygen atoms in total. The Morgan fingerprint density at radius 2 is 2.20 bits per heavy atom. The van der Waals surface area contributed by atoms with E-state index in [0.717, 1.165) is 24.2 Å². The smallest absolute Gasteiger partial charge is 0.335 e. The van der Waals surface area contributed by atoms with Crippen LogP contribution in [-0.4, -0.2) is 17.2 Å². The van der Waals surface area contributed by atoms with E-state index < -0.39 is 5.97 Å². The second-order valence-corrected chi connectivity index (χ2v) is 3.95. The summed E-state index contributed by atoms with van der Waals surface area (Å²) in [6, 6.07) is 5.13. The van der Waals surface area contributed by atoms with E-state index >= 15 is 0 Å². The second-order valence-electron chi connectivity index (χ2n) is 3.95. The number of benzene rings is 1. The lowest BCUT2D eigenvalue weighted by Crippen LogP contribution is -2.24. The molecule has 1 aromatic rings. The van der Waals surface area contributed by atoms with Gasteiger partial charge in [0, 0.05) is 0 Å². The van der Waals surface area contributed by atoms with Crippen molar-refractivity contribution in [2.24, 2.45) is 0 Å². The zero-order chi connectivity index (χ0) is 10.8. The van der Waals surface area contributed by atoms with Gasteiger partial charge in [-0.2, -0.15) is 0 Å². The van der Waals surface area contributed by atoms with E-state index in [2.05, 4.69) is 0 Å². The van der Waals surface area contributed by atoms with Gasteiger partial charge >= 0.3 is 5.97 Å². The van der Waals surface area contributed by atoms with E-state index in [-0.39, 0.29) is 0 Å². The summed E-state index contributed by atoms with van der Waals surface area (Å²) < 4.78 is 5.67. The first-order valence-corrected chi connectivity index (χ1v) is 5.17. The van der Waals surface area contributed by atoms with Crippen LogP contribution in [0.25, 0.3) is 0 Å². The molecule has 0 spiro atoms. The first-order valence-electron chi connectivity index (χ1n) is 5.17. The number of aryl methyl sites for hydroxylation is 1. The molecule has 0 bridgehead atoms. The number of rotatable bonds is 3. The van der Waals surface area contributed by atoms with Crippen LogP contribution in [0.1, 0.15) is 35.2 Å². The first-order chi connectivity index (χ1) is 7.16. The number of ether oxygens (including phenoxy) is 1. The van der Waals surface area contributed by atoms with E-state index in [1.54, 1.807) is 25.1 Å². The predicted molar refractivity (Wildman–Crippen MR) is 56.4 cm³/mol. The van der Waals surface area contributed by atoms with Crippen LogP contribution in [-0.2, 0) is 0 Å². The standard InChI is InChI=1S/C12H14O3/c1-8-7-10(15-9-3-2-4-9)5-6-11(8)12(13)14/h5-7,9H,2-4H2,1H3,(H,13,14). The molecule has 0 aliphatic heterocycles. The monoisotopic (exact) mass is 206 g/mol. The molecule has 0 saturated heterocycles. The SMILES string of the molecule is Cc1cc(OC2CCC2)ccc1C(=O)O. The van der Waals surface area contributed by atoms with Gasteiger partial charge in [-0.3, -0.25) is 0 Å². The summed E-state index contributed by atoms with van der Waals surface area (Å²) in [5.74, 6) is -0.107. The van der Waals surface area contributed by atoms with Crippen molar-refractivity contribution in [1.82, 2.24) is 0 Å². The molecule has 1 aromatic carbocycles. The maximum atomic E-state index is 10.8. The van der Waals surface area contributed by atoms with Crippen LogP contribution in [0.2, 0.25) is 0 Å². The normalized spacial score (nSPS) is 15.8. The van der Waals surface area contributed by atoms with Gasteiger partial charge in [0.15, 0.2) is 0 Å². The van der Waals surface area contributed by atoms with E-state index in [0.29, 0.717) is 11.7 Å². The van der Waals surface area contributed by atoms with Gasteiger partial charge in [0.25, 0.3) is 0 Å². The average molecular weight is 206 g/mol. The van der Waals surface area contributed by atoms with Crippen LogP contribution >= 0.6 is 0 Å². The van der Waals surface area contributed by atoms with E-state index in [9.17, 15) is 4.79 Å². The third kappa shape index (κ3) is 2.12. The summed E-state index contributed by atoms with van der Waals surface area (Å²) in [6.07, 6.45) is 3.79. The Balaban J connectivity index is 2.13. The van der Waals surface area contributed by atoms with Crippen LogP contribution in [0.5, 0.6) is 5.75 Å². The van der Waals surface area contributed by atoms with Crippen LogP contribution in [0.3, 0.4) is 0 Å². The Morgan fingerprint density at radius 1 is 1.47 bits per heavy atom. The highest BCUT2D eigenvalue weighted by atomic mass is 16.5. The van der Waals surface area contributed by atoms with Crippen molar-refractivity contribution in [3.8, 4) is 5.75 Å². The van der Waals surface area contributed by atoms with E-state index in [1.807, 2.05) is 0 Å². The van der Waals surface area contributed by atoms with Crippen molar-refractivity contribution in [2.75, 3.05) is 0 Å². The number of carboxylic acids is 1. The quantitative estimate of drug-likeness (QED) is 0.826. The summed E-state index contributed by atoms with van der Waals surface area (Å²) >= 11 is 0. The lowest BCUT2D eigenvalue weighted by molar-refractivity contribution is 0.0696. The Hall–Kier alpha value is -1.51. The summed E-state index contributed by atoms with van der Waals surface area (Å²) in [7, 11) is 0. The molecule has 0 heterocycles. The second kappa shape index (κ2) is 3.93. The zero-order valence-corrected chi connectivity index (χ0v) is 8.69. The third-order valence-corrected chi connectivity index (χ3v) is 2.78. The van der Waals surface area contributed by atoms with Gasteiger partial charge < -0.3 is 9.84 Å². The van der Waals surface area contributed by atoms with E-state index in [4.69, 9.17) is 9.84 Å². The summed E-state index contributed by atoms with van der Waals surface area (Å²) in [4.78, 5) is 10.8. The minimum atomic E-state index is -0.886. The third-order valence-electron chi connectivity index (χ3n) is 2.78. The van der Waals surface area contributed by atoms with Crippen molar-refractivity contribution in [3.63, 3.8) is 0 Å². The van der Waals surface area contributed by atoms with Gasteiger partial charge in [0.2, 0.25) is 0 Å². The topological polar surface area (TPSA) is 46.5 Å². The molecule has 0 aromatic heterocycles. The van der Waals surface area contributed by atoms with E-state index in [1.165, 1.54) is 6.42 Å². The van der Waals surface area contributed by atoms with Crippen molar-refractivity contribution in [3.05, 3.63) is 29.3 Å². The molecule has 0 unspecified atom stereocenters. The predicted octanol–water partition coefficient (Wildman–Crippen LogP) is 2.62. The molecular weight excluding hydrogens is 192 g/mol. The minimum Gasteiger partial charge on any atom is -0.490 e. The van der Waals surface area contributed by atoms with Gasteiger partial charge in [-0.25, -0.2) is 4.79 Å². The molecule has 80 valence electrons. The molecule has 1 aliphatic carbocycles. The van der Waals surface area contributed by atoms with Gasteiger partial charge in [0.1, 0.15) is 5.75 Å². The fourth-order valence-corrected chi connectivity index (χ4v) is 1.63. The number of hydrogen-bond acceptors (Lipinski definition) is 2. The number of carboxylic acid groups (broad SMARTS) is 1. The van der Waals surface area contributed by atoms with Gasteiger partial charge in [0.05, 0.1) is 11.7 Å². The molecule has 1 aliphatic rings. The molecule has 1 N–H and O–H groups in total. The molecule has 2 rings (SSSR count). The van der Waals surface area contributed by atoms with Crippen molar-refractivity contribution < 1.29 is 14.6 Å². The molecule has 1 saturated carbocycles. The molecule has 3 heteroatoms. The van der Waals surface area contributed by atoms with Crippen molar-refractivity contribution >= 4 is 5.97 Å². The Labute approximate surface area is 88.7 Å². The zero-order valence-electron chi connectivity index (χ0n) is 8.69. The maximum Gasteiger partial charge on any atom is 0.335 e. The van der Waals surface area contributed by atoms with Crippen LogP contribution in [0.15, 0.2) is 18.2 Å². The minimum absolute atomic E-state index is 0.333. The van der Waals surface area contributed by atoms with Crippen LogP contribution in [0.4, 0.5) is 0 Å². The molecule has 0 atom stereocenters. The summed E-state index contributed by atoms with van der Waals surface area (Å²) in [5, 5.41) is 8.85. The lowest BCUT2D eigenvalue weighted by Gasteiger charge is -2.26. The summed E-state index contributed by atoms with van der Waals surface area (Å²) in [5.41, 5.74) is 1.09. The molecule has 1 fully saturated rings. The number of aromatic carboxylic acids is 1. The Bertz CT molecular complexity index is 380. The number of carbonyl (C=O) groups is 1. The fraction of sp³-hybridized carbons (Fsp3) is 0.417. The van der Waals surface area contributed by atoms with Gasteiger partial charge in [-0.05, 0) is 49.9 Å². The highest BCUT2D eigenvalue weighted by Gasteiger charge is 2.19. The molecule has 0 amide bonds. The molecule has 15 heavy (non-hydrogen) atoms. The Kier molecular flexibility index (Phi) is 2.62. The average Bonchev–Trinajstić information content (AvgIpc) is 2.11. The Morgan fingerprint density at radius 3 is 2.67 bits per heavy atom. The van der Waals surface area contributed by atoms with Crippen LogP contribution in [0, 0.1) is 6.92 Å². The van der Waals surface area contributed by atoms with Crippen molar-refractivity contribution in [2.45, 2.75) is 32.3 Å². The fourth-order valence-electron chi connectivity index (χ4n) is 1.63. The largest absolute Gasteiger partial charge is 0.490 e.